The quantitative estimate of drug-likeness (QED) is 0.461. The van der Waals surface area contributed by atoms with E-state index in [1.54, 1.807) is 0 Å². The third-order valence-corrected chi connectivity index (χ3v) is 4.57. The Kier molecular flexibility index (Phi) is 5.42. The Morgan fingerprint density at radius 2 is 2.00 bits per heavy atom. The van der Waals surface area contributed by atoms with E-state index in [9.17, 15) is 0 Å². The molecule has 2 nitrogen and oxygen atoms in total. The summed E-state index contributed by atoms with van der Waals surface area (Å²) < 4.78 is 2.16. The molecular formula is C14H18Br2N2. The minimum Gasteiger partial charge on any atom is -0.271 e. The van der Waals surface area contributed by atoms with Crippen molar-refractivity contribution in [2.75, 3.05) is 0 Å². The first-order valence-electron chi connectivity index (χ1n) is 6.32. The van der Waals surface area contributed by atoms with Gasteiger partial charge in [-0.05, 0) is 43.4 Å². The van der Waals surface area contributed by atoms with E-state index in [0.717, 1.165) is 15.4 Å². The van der Waals surface area contributed by atoms with E-state index in [2.05, 4.69) is 61.6 Å². The Bertz CT molecular complexity index is 443. The van der Waals surface area contributed by atoms with Crippen molar-refractivity contribution in [1.82, 2.24) is 5.43 Å². The highest BCUT2D eigenvalue weighted by molar-refractivity contribution is 9.11. The van der Waals surface area contributed by atoms with Crippen molar-refractivity contribution in [2.45, 2.75) is 38.1 Å². The minimum absolute atomic E-state index is 0.116. The zero-order chi connectivity index (χ0) is 13.0. The molecular weight excluding hydrogens is 356 g/mol. The number of hydrazine groups is 1. The maximum absolute atomic E-state index is 5.77. The largest absolute Gasteiger partial charge is 0.271 e. The summed E-state index contributed by atoms with van der Waals surface area (Å²) in [6.45, 7) is 0. The summed E-state index contributed by atoms with van der Waals surface area (Å²) in [5.41, 5.74) is 5.58. The van der Waals surface area contributed by atoms with Crippen LogP contribution in [0, 0.1) is 0 Å². The van der Waals surface area contributed by atoms with Crippen LogP contribution in [0.5, 0.6) is 0 Å². The first-order chi connectivity index (χ1) is 8.72. The Labute approximate surface area is 125 Å². The Morgan fingerprint density at radius 1 is 1.17 bits per heavy atom. The molecule has 1 atom stereocenters. The first-order valence-corrected chi connectivity index (χ1v) is 7.91. The molecule has 0 fully saturated rings. The molecule has 0 saturated carbocycles. The highest BCUT2D eigenvalue weighted by Gasteiger charge is 2.18. The van der Waals surface area contributed by atoms with E-state index >= 15 is 0 Å². The normalized spacial score (nSPS) is 18.1. The second kappa shape index (κ2) is 6.85. The van der Waals surface area contributed by atoms with Gasteiger partial charge in [0.25, 0.3) is 0 Å². The third-order valence-electron chi connectivity index (χ3n) is 3.39. The van der Waals surface area contributed by atoms with Crippen LogP contribution < -0.4 is 11.3 Å². The van der Waals surface area contributed by atoms with Crippen LogP contribution in [0.3, 0.4) is 0 Å². The Morgan fingerprint density at radius 3 is 2.72 bits per heavy atom. The SMILES string of the molecule is NNC(C1=CCCCCC1)c1ccc(Br)cc1Br. The monoisotopic (exact) mass is 372 g/mol. The molecule has 4 heteroatoms. The molecule has 98 valence electrons. The van der Waals surface area contributed by atoms with Gasteiger partial charge < -0.3 is 0 Å². The number of benzene rings is 1. The predicted molar refractivity (Wildman–Crippen MR) is 83.1 cm³/mol. The molecule has 0 aromatic heterocycles. The number of hydrogen-bond donors (Lipinski definition) is 2. The summed E-state index contributed by atoms with van der Waals surface area (Å²) in [7, 11) is 0. The first kappa shape index (κ1) is 14.3. The van der Waals surface area contributed by atoms with E-state index in [1.807, 2.05) is 0 Å². The lowest BCUT2D eigenvalue weighted by Gasteiger charge is -2.21. The van der Waals surface area contributed by atoms with E-state index in [0.29, 0.717) is 0 Å². The molecule has 1 unspecified atom stereocenters. The molecule has 1 aliphatic carbocycles. The second-order valence-corrected chi connectivity index (χ2v) is 6.41. The van der Waals surface area contributed by atoms with Crippen LogP contribution in [-0.4, -0.2) is 0 Å². The number of halogens is 2. The van der Waals surface area contributed by atoms with Gasteiger partial charge in [0.2, 0.25) is 0 Å². The molecule has 3 N–H and O–H groups in total. The zero-order valence-electron chi connectivity index (χ0n) is 10.3. The van der Waals surface area contributed by atoms with Crippen molar-refractivity contribution in [2.24, 2.45) is 5.84 Å². The standard InChI is InChI=1S/C14H18Br2N2/c15-11-7-8-12(13(16)9-11)14(18-17)10-5-3-1-2-4-6-10/h5,7-9,14,18H,1-4,6,17H2. The van der Waals surface area contributed by atoms with Crippen molar-refractivity contribution >= 4 is 31.9 Å². The highest BCUT2D eigenvalue weighted by atomic mass is 79.9. The smallest absolute Gasteiger partial charge is 0.0681 e. The number of nitrogens with two attached hydrogens (primary N) is 1. The van der Waals surface area contributed by atoms with Gasteiger partial charge in [-0.25, -0.2) is 5.43 Å². The summed E-state index contributed by atoms with van der Waals surface area (Å²) in [6, 6.07) is 6.36. The predicted octanol–water partition coefficient (Wildman–Crippen LogP) is 4.61. The summed E-state index contributed by atoms with van der Waals surface area (Å²) in [5.74, 6) is 5.77. The maximum Gasteiger partial charge on any atom is 0.0681 e. The van der Waals surface area contributed by atoms with Gasteiger partial charge >= 0.3 is 0 Å². The van der Waals surface area contributed by atoms with Gasteiger partial charge in [0.15, 0.2) is 0 Å². The lowest BCUT2D eigenvalue weighted by atomic mass is 9.96. The van der Waals surface area contributed by atoms with Crippen molar-refractivity contribution in [3.63, 3.8) is 0 Å². The van der Waals surface area contributed by atoms with Crippen LogP contribution in [0.2, 0.25) is 0 Å². The number of allylic oxidation sites excluding steroid dienone is 1. The van der Waals surface area contributed by atoms with Gasteiger partial charge in [0.1, 0.15) is 0 Å². The molecule has 0 aliphatic heterocycles. The zero-order valence-corrected chi connectivity index (χ0v) is 13.4. The van der Waals surface area contributed by atoms with Crippen LogP contribution in [0.4, 0.5) is 0 Å². The van der Waals surface area contributed by atoms with Gasteiger partial charge in [-0.2, -0.15) is 0 Å². The van der Waals surface area contributed by atoms with Crippen molar-refractivity contribution in [3.05, 3.63) is 44.4 Å². The molecule has 0 heterocycles. The molecule has 1 aliphatic rings. The third kappa shape index (κ3) is 3.44. The van der Waals surface area contributed by atoms with Crippen LogP contribution >= 0.6 is 31.9 Å². The number of hydrogen-bond acceptors (Lipinski definition) is 2. The lowest BCUT2D eigenvalue weighted by Crippen LogP contribution is -2.29. The minimum atomic E-state index is 0.116. The van der Waals surface area contributed by atoms with Gasteiger partial charge in [-0.1, -0.05) is 56.0 Å². The molecule has 2 rings (SSSR count). The van der Waals surface area contributed by atoms with E-state index in [-0.39, 0.29) is 6.04 Å². The molecule has 1 aromatic rings. The number of rotatable bonds is 3. The van der Waals surface area contributed by atoms with Crippen molar-refractivity contribution in [1.29, 1.82) is 0 Å². The Hall–Kier alpha value is -0.160. The Balaban J connectivity index is 2.29. The fourth-order valence-electron chi connectivity index (χ4n) is 2.43. The molecule has 0 spiro atoms. The topological polar surface area (TPSA) is 38.0 Å². The van der Waals surface area contributed by atoms with Crippen LogP contribution in [0.25, 0.3) is 0 Å². The summed E-state index contributed by atoms with van der Waals surface area (Å²) in [4.78, 5) is 0. The molecule has 0 radical (unpaired) electrons. The van der Waals surface area contributed by atoms with Crippen molar-refractivity contribution in [3.8, 4) is 0 Å². The van der Waals surface area contributed by atoms with E-state index in [4.69, 9.17) is 5.84 Å². The summed E-state index contributed by atoms with van der Waals surface area (Å²) in [6.07, 6.45) is 8.53. The second-order valence-electron chi connectivity index (χ2n) is 4.64. The van der Waals surface area contributed by atoms with E-state index in [1.165, 1.54) is 36.8 Å². The molecule has 0 saturated heterocycles. The summed E-state index contributed by atoms with van der Waals surface area (Å²) in [5, 5.41) is 0. The molecule has 0 amide bonds. The molecule has 18 heavy (non-hydrogen) atoms. The lowest BCUT2D eigenvalue weighted by molar-refractivity contribution is 0.591. The summed E-state index contributed by atoms with van der Waals surface area (Å²) >= 11 is 7.10. The van der Waals surface area contributed by atoms with Gasteiger partial charge in [-0.15, -0.1) is 0 Å². The molecule has 0 bridgehead atoms. The van der Waals surface area contributed by atoms with Crippen LogP contribution in [-0.2, 0) is 0 Å². The molecule has 1 aromatic carbocycles. The van der Waals surface area contributed by atoms with Gasteiger partial charge in [0.05, 0.1) is 6.04 Å². The number of nitrogens with one attached hydrogen (secondary N) is 1. The maximum atomic E-state index is 5.77. The average molecular weight is 374 g/mol. The highest BCUT2D eigenvalue weighted by Crippen LogP contribution is 2.33. The fraction of sp³-hybridized carbons (Fsp3) is 0.429. The van der Waals surface area contributed by atoms with Crippen molar-refractivity contribution < 1.29 is 0 Å². The van der Waals surface area contributed by atoms with E-state index < -0.39 is 0 Å². The van der Waals surface area contributed by atoms with Gasteiger partial charge in [-0.3, -0.25) is 5.84 Å². The van der Waals surface area contributed by atoms with Crippen LogP contribution in [0.1, 0.15) is 43.7 Å². The fourth-order valence-corrected chi connectivity index (χ4v) is 3.71. The van der Waals surface area contributed by atoms with Crippen LogP contribution in [0.15, 0.2) is 38.8 Å². The average Bonchev–Trinajstić information content (AvgIpc) is 2.62. The van der Waals surface area contributed by atoms with Gasteiger partial charge in [0, 0.05) is 8.95 Å².